The van der Waals surface area contributed by atoms with Crippen molar-refractivity contribution < 1.29 is 4.79 Å². The van der Waals surface area contributed by atoms with Gasteiger partial charge in [0, 0.05) is 34.0 Å². The molecule has 1 heterocycles. The molecule has 1 atom stereocenters. The molecule has 1 aromatic heterocycles. The summed E-state index contributed by atoms with van der Waals surface area (Å²) in [7, 11) is 0. The number of fused-ring (bicyclic) bond motifs is 3. The van der Waals surface area contributed by atoms with E-state index in [4.69, 9.17) is 0 Å². The second-order valence-electron chi connectivity index (χ2n) is 6.01. The average molecular weight is 456 g/mol. The molecule has 0 unspecified atom stereocenters. The minimum absolute atomic E-state index is 0.0393. The Hall–Kier alpha value is -2.34. The van der Waals surface area contributed by atoms with Crippen LogP contribution in [0.25, 0.3) is 21.8 Å². The highest BCUT2D eigenvalue weighted by Crippen LogP contribution is 2.29. The van der Waals surface area contributed by atoms with Crippen LogP contribution in [0.5, 0.6) is 0 Å². The van der Waals surface area contributed by atoms with Gasteiger partial charge < -0.3 is 9.88 Å². The number of carbonyl (C=O) groups is 1. The number of para-hydroxylation sites is 2. The van der Waals surface area contributed by atoms with E-state index in [1.807, 2.05) is 37.3 Å². The Morgan fingerprint density at radius 2 is 1.69 bits per heavy atom. The fraction of sp³-hybridized carbons (Fsp3) is 0.136. The molecule has 0 bridgehead atoms. The lowest BCUT2D eigenvalue weighted by molar-refractivity contribution is -0.119. The molecule has 3 rings (SSSR count). The molecule has 2 aromatic carbocycles. The summed E-state index contributed by atoms with van der Waals surface area (Å²) in [6.45, 7) is 6.43. The van der Waals surface area contributed by atoms with Crippen molar-refractivity contribution in [3.8, 4) is 0 Å². The van der Waals surface area contributed by atoms with E-state index in [9.17, 15) is 4.79 Å². The molecule has 3 nitrogen and oxygen atoms in total. The Labute approximate surface area is 167 Å². The molecule has 1 amide bonds. The van der Waals surface area contributed by atoms with Crippen molar-refractivity contribution in [3.05, 3.63) is 85.1 Å². The molecular formula is C22H21IN2O. The minimum Gasteiger partial charge on any atom is -0.339 e. The molecule has 0 fully saturated rings. The van der Waals surface area contributed by atoms with Crippen LogP contribution in [0.2, 0.25) is 0 Å². The van der Waals surface area contributed by atoms with Gasteiger partial charge in [-0.1, -0.05) is 83.8 Å². The van der Waals surface area contributed by atoms with Crippen molar-refractivity contribution in [2.45, 2.75) is 17.4 Å². The van der Waals surface area contributed by atoms with Crippen LogP contribution in [0.3, 0.4) is 0 Å². The lowest BCUT2D eigenvalue weighted by Gasteiger charge is -2.14. The molecular weight excluding hydrogens is 435 g/mol. The summed E-state index contributed by atoms with van der Waals surface area (Å²) in [5, 5.41) is 5.30. The third kappa shape index (κ3) is 3.90. The Kier molecular flexibility index (Phi) is 5.93. The first-order valence-electron chi connectivity index (χ1n) is 8.51. The van der Waals surface area contributed by atoms with Crippen LogP contribution in [-0.2, 0) is 11.3 Å². The number of hydrogen-bond acceptors (Lipinski definition) is 1. The smallest absolute Gasteiger partial charge is 0.239 e. The van der Waals surface area contributed by atoms with Gasteiger partial charge in [0.2, 0.25) is 5.91 Å². The van der Waals surface area contributed by atoms with Crippen molar-refractivity contribution in [1.82, 2.24) is 9.88 Å². The van der Waals surface area contributed by atoms with E-state index in [2.05, 4.69) is 75.5 Å². The lowest BCUT2D eigenvalue weighted by Crippen LogP contribution is -2.32. The summed E-state index contributed by atoms with van der Waals surface area (Å²) in [6, 6.07) is 16.6. The third-order valence-electron chi connectivity index (χ3n) is 4.19. The number of rotatable bonds is 6. The molecule has 0 spiro atoms. The molecule has 0 aliphatic rings. The van der Waals surface area contributed by atoms with E-state index in [-0.39, 0.29) is 9.83 Å². The van der Waals surface area contributed by atoms with Crippen LogP contribution in [0, 0.1) is 0 Å². The van der Waals surface area contributed by atoms with Gasteiger partial charge in [0.05, 0.1) is 0 Å². The SMILES string of the molecule is C=C(/C=C\C=C/C)NC(=O)[C@H](I)Cn1c2ccccc2c2ccccc21. The average Bonchev–Trinajstić information content (AvgIpc) is 2.96. The van der Waals surface area contributed by atoms with Gasteiger partial charge in [-0.05, 0) is 25.1 Å². The number of alkyl halides is 1. The van der Waals surface area contributed by atoms with Gasteiger partial charge in [-0.25, -0.2) is 0 Å². The van der Waals surface area contributed by atoms with Gasteiger partial charge >= 0.3 is 0 Å². The number of amides is 1. The highest BCUT2D eigenvalue weighted by atomic mass is 127. The van der Waals surface area contributed by atoms with Crippen LogP contribution in [-0.4, -0.2) is 14.4 Å². The van der Waals surface area contributed by atoms with E-state index >= 15 is 0 Å². The molecule has 0 aliphatic heterocycles. The predicted molar refractivity (Wildman–Crippen MR) is 118 cm³/mol. The maximum absolute atomic E-state index is 12.5. The van der Waals surface area contributed by atoms with Crippen molar-refractivity contribution in [1.29, 1.82) is 0 Å². The summed E-state index contributed by atoms with van der Waals surface area (Å²) in [4.78, 5) is 12.5. The van der Waals surface area contributed by atoms with Crippen LogP contribution >= 0.6 is 22.6 Å². The fourth-order valence-electron chi connectivity index (χ4n) is 3.00. The van der Waals surface area contributed by atoms with E-state index in [1.54, 1.807) is 6.08 Å². The Morgan fingerprint density at radius 3 is 2.27 bits per heavy atom. The number of aromatic nitrogens is 1. The van der Waals surface area contributed by atoms with Crippen molar-refractivity contribution in [2.75, 3.05) is 0 Å². The number of hydrogen-bond donors (Lipinski definition) is 1. The molecule has 4 heteroatoms. The monoisotopic (exact) mass is 456 g/mol. The molecule has 0 saturated heterocycles. The Morgan fingerprint density at radius 1 is 1.12 bits per heavy atom. The van der Waals surface area contributed by atoms with Crippen molar-refractivity contribution >= 4 is 50.3 Å². The number of carbonyl (C=O) groups excluding carboxylic acids is 1. The first-order valence-corrected chi connectivity index (χ1v) is 9.75. The number of halogens is 1. The molecule has 3 aromatic rings. The number of nitrogens with one attached hydrogen (secondary N) is 1. The van der Waals surface area contributed by atoms with Crippen molar-refractivity contribution in [2.24, 2.45) is 0 Å². The van der Waals surface area contributed by atoms with E-state index in [0.29, 0.717) is 12.2 Å². The Balaban J connectivity index is 1.84. The predicted octanol–water partition coefficient (Wildman–Crippen LogP) is 5.36. The molecule has 0 saturated carbocycles. The van der Waals surface area contributed by atoms with Gasteiger partial charge in [0.25, 0.3) is 0 Å². The zero-order chi connectivity index (χ0) is 18.5. The quantitative estimate of drug-likeness (QED) is 0.303. The highest BCUT2D eigenvalue weighted by molar-refractivity contribution is 14.1. The maximum Gasteiger partial charge on any atom is 0.239 e. The van der Waals surface area contributed by atoms with Gasteiger partial charge in [0.15, 0.2) is 0 Å². The lowest BCUT2D eigenvalue weighted by atomic mass is 10.2. The summed E-state index contributed by atoms with van der Waals surface area (Å²) in [5.41, 5.74) is 2.89. The number of allylic oxidation sites excluding steroid dienone is 4. The fourth-order valence-corrected chi connectivity index (χ4v) is 3.55. The first kappa shape index (κ1) is 18.5. The van der Waals surface area contributed by atoms with Crippen LogP contribution < -0.4 is 5.32 Å². The first-order chi connectivity index (χ1) is 12.6. The standard InChI is InChI=1S/C22H21IN2O/c1-3-4-5-10-16(2)24-22(26)19(23)15-25-20-13-8-6-11-17(20)18-12-7-9-14-21(18)25/h3-14,19H,2,15H2,1H3,(H,24,26)/b4-3-,10-5-/t19-/m1/s1. The number of nitrogens with zero attached hydrogens (tertiary/aromatic N) is 1. The van der Waals surface area contributed by atoms with Crippen LogP contribution in [0.4, 0.5) is 0 Å². The van der Waals surface area contributed by atoms with E-state index < -0.39 is 0 Å². The molecule has 0 aliphatic carbocycles. The highest BCUT2D eigenvalue weighted by Gasteiger charge is 2.18. The zero-order valence-electron chi connectivity index (χ0n) is 14.7. The molecule has 1 N–H and O–H groups in total. The molecule has 132 valence electrons. The second-order valence-corrected chi connectivity index (χ2v) is 7.52. The van der Waals surface area contributed by atoms with Crippen LogP contribution in [0.1, 0.15) is 6.92 Å². The van der Waals surface area contributed by atoms with Gasteiger partial charge in [0.1, 0.15) is 3.92 Å². The van der Waals surface area contributed by atoms with Gasteiger partial charge in [-0.2, -0.15) is 0 Å². The van der Waals surface area contributed by atoms with E-state index in [1.165, 1.54) is 10.8 Å². The summed E-state index contributed by atoms with van der Waals surface area (Å²) in [6.07, 6.45) is 7.48. The van der Waals surface area contributed by atoms with Crippen molar-refractivity contribution in [3.63, 3.8) is 0 Å². The summed E-state index contributed by atoms with van der Waals surface area (Å²) >= 11 is 2.20. The summed E-state index contributed by atoms with van der Waals surface area (Å²) < 4.78 is 2.01. The number of benzene rings is 2. The van der Waals surface area contributed by atoms with E-state index in [0.717, 1.165) is 11.0 Å². The Bertz CT molecular complexity index is 960. The molecule has 0 radical (unpaired) electrons. The largest absolute Gasteiger partial charge is 0.339 e. The molecule has 26 heavy (non-hydrogen) atoms. The third-order valence-corrected chi connectivity index (χ3v) is 5.15. The normalized spacial score (nSPS) is 13.0. The second kappa shape index (κ2) is 8.36. The maximum atomic E-state index is 12.5. The zero-order valence-corrected chi connectivity index (χ0v) is 16.8. The van der Waals surface area contributed by atoms with Gasteiger partial charge in [-0.15, -0.1) is 0 Å². The topological polar surface area (TPSA) is 34.0 Å². The van der Waals surface area contributed by atoms with Crippen LogP contribution in [0.15, 0.2) is 85.1 Å². The summed E-state index contributed by atoms with van der Waals surface area (Å²) in [5.74, 6) is -0.0393. The minimum atomic E-state index is -0.210. The van der Waals surface area contributed by atoms with Gasteiger partial charge in [-0.3, -0.25) is 4.79 Å².